The molecule has 0 unspecified atom stereocenters. The van der Waals surface area contributed by atoms with Crippen LogP contribution in [0, 0.1) is 10.1 Å². The summed E-state index contributed by atoms with van der Waals surface area (Å²) in [5.41, 5.74) is 1.49. The first-order chi connectivity index (χ1) is 22.0. The van der Waals surface area contributed by atoms with E-state index in [1.165, 1.54) is 102 Å². The molecule has 0 saturated carbocycles. The van der Waals surface area contributed by atoms with Crippen molar-refractivity contribution < 1.29 is 24.0 Å². The lowest BCUT2D eigenvalue weighted by molar-refractivity contribution is -0.384. The molecule has 0 heterocycles. The SMILES string of the molecule is CCCCCCCCCCCCCCCCOc1ccc(C(=O)Oc2ccc(C(=O)/C=C/c3ccc([N+](=O)[O-])cc3)cc2)cc1. The summed E-state index contributed by atoms with van der Waals surface area (Å²) in [6.07, 6.45) is 21.5. The molecule has 45 heavy (non-hydrogen) atoms. The van der Waals surface area contributed by atoms with Gasteiger partial charge in [0, 0.05) is 17.7 Å². The predicted molar refractivity (Wildman–Crippen MR) is 180 cm³/mol. The first kappa shape index (κ1) is 35.2. The van der Waals surface area contributed by atoms with Crippen molar-refractivity contribution >= 4 is 23.5 Å². The highest BCUT2D eigenvalue weighted by Gasteiger charge is 2.10. The van der Waals surface area contributed by atoms with Crippen LogP contribution >= 0.6 is 0 Å². The maximum Gasteiger partial charge on any atom is 0.343 e. The van der Waals surface area contributed by atoms with E-state index < -0.39 is 10.9 Å². The molecule has 0 spiro atoms. The molecular formula is C38H47NO6. The second kappa shape index (κ2) is 20.7. The zero-order valence-electron chi connectivity index (χ0n) is 26.6. The number of ketones is 1. The van der Waals surface area contributed by atoms with E-state index in [4.69, 9.17) is 9.47 Å². The minimum atomic E-state index is -0.495. The van der Waals surface area contributed by atoms with Gasteiger partial charge in [0.05, 0.1) is 17.1 Å². The van der Waals surface area contributed by atoms with Gasteiger partial charge in [-0.05, 0) is 78.7 Å². The zero-order chi connectivity index (χ0) is 32.1. The van der Waals surface area contributed by atoms with Gasteiger partial charge in [-0.15, -0.1) is 0 Å². The van der Waals surface area contributed by atoms with Crippen molar-refractivity contribution in [1.82, 2.24) is 0 Å². The van der Waals surface area contributed by atoms with Gasteiger partial charge in [0.15, 0.2) is 5.78 Å². The predicted octanol–water partition coefficient (Wildman–Crippen LogP) is 10.6. The van der Waals surface area contributed by atoms with Crippen LogP contribution in [0.4, 0.5) is 5.69 Å². The Balaban J connectivity index is 1.27. The fraction of sp³-hybridized carbons (Fsp3) is 0.421. The highest BCUT2D eigenvalue weighted by Crippen LogP contribution is 2.19. The Bertz CT molecular complexity index is 1330. The Kier molecular flexibility index (Phi) is 16.2. The van der Waals surface area contributed by atoms with E-state index in [-0.39, 0.29) is 11.5 Å². The van der Waals surface area contributed by atoms with Crippen LogP contribution in [0.3, 0.4) is 0 Å². The van der Waals surface area contributed by atoms with Gasteiger partial charge < -0.3 is 9.47 Å². The van der Waals surface area contributed by atoms with Gasteiger partial charge in [0.25, 0.3) is 5.69 Å². The average molecular weight is 614 g/mol. The minimum Gasteiger partial charge on any atom is -0.494 e. The lowest BCUT2D eigenvalue weighted by Crippen LogP contribution is -2.08. The van der Waals surface area contributed by atoms with E-state index in [9.17, 15) is 19.7 Å². The number of rotatable bonds is 22. The van der Waals surface area contributed by atoms with Crippen LogP contribution in [0.25, 0.3) is 6.08 Å². The molecule has 0 aliphatic rings. The molecule has 7 heteroatoms. The number of nitrogens with zero attached hydrogens (tertiary/aromatic N) is 1. The summed E-state index contributed by atoms with van der Waals surface area (Å²) < 4.78 is 11.3. The first-order valence-electron chi connectivity index (χ1n) is 16.5. The van der Waals surface area contributed by atoms with Gasteiger partial charge >= 0.3 is 5.97 Å². The molecule has 0 saturated heterocycles. The Morgan fingerprint density at radius 2 is 1.13 bits per heavy atom. The summed E-state index contributed by atoms with van der Waals surface area (Å²) in [5.74, 6) is 0.321. The third kappa shape index (κ3) is 13.9. The molecule has 3 rings (SSSR count). The topological polar surface area (TPSA) is 95.7 Å². The van der Waals surface area contributed by atoms with E-state index in [2.05, 4.69) is 6.92 Å². The number of allylic oxidation sites excluding steroid dienone is 1. The highest BCUT2D eigenvalue weighted by molar-refractivity contribution is 6.06. The van der Waals surface area contributed by atoms with Crippen molar-refractivity contribution in [1.29, 1.82) is 0 Å². The monoisotopic (exact) mass is 613 g/mol. The molecule has 0 aromatic heterocycles. The third-order valence-electron chi connectivity index (χ3n) is 7.74. The third-order valence-corrected chi connectivity index (χ3v) is 7.74. The van der Waals surface area contributed by atoms with E-state index in [0.717, 1.165) is 12.2 Å². The smallest absolute Gasteiger partial charge is 0.343 e. The zero-order valence-corrected chi connectivity index (χ0v) is 26.6. The van der Waals surface area contributed by atoms with Crippen molar-refractivity contribution in [2.75, 3.05) is 6.61 Å². The molecule has 0 aliphatic heterocycles. The molecule has 0 aliphatic carbocycles. The van der Waals surface area contributed by atoms with Gasteiger partial charge in [-0.1, -0.05) is 96.5 Å². The molecule has 0 radical (unpaired) electrons. The number of hydrogen-bond donors (Lipinski definition) is 0. The summed E-state index contributed by atoms with van der Waals surface area (Å²) in [6, 6.07) is 19.1. The fourth-order valence-corrected chi connectivity index (χ4v) is 5.00. The van der Waals surface area contributed by atoms with Crippen LogP contribution < -0.4 is 9.47 Å². The molecule has 240 valence electrons. The Labute approximate surface area is 267 Å². The first-order valence-corrected chi connectivity index (χ1v) is 16.5. The lowest BCUT2D eigenvalue weighted by atomic mass is 10.0. The number of non-ortho nitro benzene ring substituents is 1. The number of nitro groups is 1. The molecule has 0 atom stereocenters. The molecule has 0 N–H and O–H groups in total. The summed E-state index contributed by atoms with van der Waals surface area (Å²) in [6.45, 7) is 2.93. The van der Waals surface area contributed by atoms with Crippen molar-refractivity contribution in [3.63, 3.8) is 0 Å². The lowest BCUT2D eigenvalue weighted by Gasteiger charge is -2.08. The van der Waals surface area contributed by atoms with Crippen LogP contribution in [0.15, 0.2) is 78.9 Å². The van der Waals surface area contributed by atoms with Crippen molar-refractivity contribution in [3.8, 4) is 11.5 Å². The summed E-state index contributed by atoms with van der Waals surface area (Å²) in [5, 5.41) is 10.8. The molecule has 0 fully saturated rings. The van der Waals surface area contributed by atoms with Crippen LogP contribution in [0.1, 0.15) is 123 Å². The molecule has 3 aromatic rings. The van der Waals surface area contributed by atoms with E-state index in [0.29, 0.717) is 29.0 Å². The van der Waals surface area contributed by atoms with Crippen LogP contribution in [-0.2, 0) is 0 Å². The fourth-order valence-electron chi connectivity index (χ4n) is 5.00. The van der Waals surface area contributed by atoms with Gasteiger partial charge in [0.1, 0.15) is 11.5 Å². The largest absolute Gasteiger partial charge is 0.494 e. The van der Waals surface area contributed by atoms with E-state index in [1.54, 1.807) is 66.7 Å². The second-order valence-electron chi connectivity index (χ2n) is 11.4. The van der Waals surface area contributed by atoms with Crippen molar-refractivity contribution in [3.05, 3.63) is 106 Å². The molecule has 3 aromatic carbocycles. The average Bonchev–Trinajstić information content (AvgIpc) is 3.06. The Morgan fingerprint density at radius 3 is 1.67 bits per heavy atom. The minimum absolute atomic E-state index is 0.0108. The number of carbonyl (C=O) groups is 2. The van der Waals surface area contributed by atoms with Gasteiger partial charge in [0.2, 0.25) is 0 Å². The summed E-state index contributed by atoms with van der Waals surface area (Å²) in [4.78, 5) is 35.4. The number of ether oxygens (including phenoxy) is 2. The number of benzene rings is 3. The number of unbranched alkanes of at least 4 members (excludes halogenated alkanes) is 13. The standard InChI is InChI=1S/C38H47NO6/c1-2-3-4-5-6-7-8-9-10-11-12-13-14-15-30-44-35-25-21-33(22-26-35)38(41)45-36-27-19-32(20-28-36)37(40)29-18-31-16-23-34(24-17-31)39(42)43/h16-29H,2-15,30H2,1H3/b29-18+. The Morgan fingerprint density at radius 1 is 0.644 bits per heavy atom. The second-order valence-corrected chi connectivity index (χ2v) is 11.4. The summed E-state index contributed by atoms with van der Waals surface area (Å²) >= 11 is 0. The van der Waals surface area contributed by atoms with Crippen LogP contribution in [0.5, 0.6) is 11.5 Å². The van der Waals surface area contributed by atoms with Crippen LogP contribution in [-0.4, -0.2) is 23.3 Å². The van der Waals surface area contributed by atoms with E-state index >= 15 is 0 Å². The molecule has 7 nitrogen and oxygen atoms in total. The van der Waals surface area contributed by atoms with Gasteiger partial charge in [-0.25, -0.2) is 4.79 Å². The normalized spacial score (nSPS) is 11.0. The quantitative estimate of drug-likeness (QED) is 0.0213. The number of hydrogen-bond acceptors (Lipinski definition) is 6. The maximum atomic E-state index is 12.6. The number of carbonyl (C=O) groups excluding carboxylic acids is 2. The summed E-state index contributed by atoms with van der Waals surface area (Å²) in [7, 11) is 0. The van der Waals surface area contributed by atoms with Crippen LogP contribution in [0.2, 0.25) is 0 Å². The highest BCUT2D eigenvalue weighted by atomic mass is 16.6. The molecular weight excluding hydrogens is 566 g/mol. The van der Waals surface area contributed by atoms with Gasteiger partial charge in [-0.2, -0.15) is 0 Å². The van der Waals surface area contributed by atoms with Crippen molar-refractivity contribution in [2.45, 2.75) is 96.8 Å². The maximum absolute atomic E-state index is 12.6. The molecule has 0 amide bonds. The number of esters is 1. The van der Waals surface area contributed by atoms with Crippen molar-refractivity contribution in [2.24, 2.45) is 0 Å². The molecule has 0 bridgehead atoms. The van der Waals surface area contributed by atoms with Gasteiger partial charge in [-0.3, -0.25) is 14.9 Å². The Hall–Kier alpha value is -4.26. The van der Waals surface area contributed by atoms with E-state index in [1.807, 2.05) is 0 Å². The number of nitro benzene ring substituents is 1.